The van der Waals surface area contributed by atoms with Crippen LogP contribution in [-0.2, 0) is 9.53 Å². The molecule has 3 heteroatoms. The Balaban J connectivity index is 3.46. The first-order valence-electron chi connectivity index (χ1n) is 8.44. The number of ether oxygens (including phenoxy) is 1. The molecule has 22 heavy (non-hydrogen) atoms. The Labute approximate surface area is 135 Å². The molecule has 0 aliphatic heterocycles. The topological polar surface area (TPSA) is 46.5 Å². The van der Waals surface area contributed by atoms with Crippen LogP contribution in [0.3, 0.4) is 0 Å². The van der Waals surface area contributed by atoms with Crippen molar-refractivity contribution in [1.29, 1.82) is 0 Å². The molecule has 0 spiro atoms. The molecule has 0 aromatic heterocycles. The van der Waals surface area contributed by atoms with Gasteiger partial charge in [-0.15, -0.1) is 0 Å². The van der Waals surface area contributed by atoms with Crippen molar-refractivity contribution in [3.63, 3.8) is 0 Å². The second-order valence-electron chi connectivity index (χ2n) is 5.34. The summed E-state index contributed by atoms with van der Waals surface area (Å²) in [5.74, 6) is -0.116. The van der Waals surface area contributed by atoms with Crippen LogP contribution >= 0.6 is 0 Å². The van der Waals surface area contributed by atoms with Gasteiger partial charge >= 0.3 is 5.97 Å². The van der Waals surface area contributed by atoms with E-state index in [0.717, 1.165) is 44.9 Å². The molecule has 0 radical (unpaired) electrons. The molecular formula is C19H32O3. The van der Waals surface area contributed by atoms with Crippen molar-refractivity contribution in [3.05, 3.63) is 36.5 Å². The minimum absolute atomic E-state index is 0.116. The highest BCUT2D eigenvalue weighted by molar-refractivity contribution is 5.68. The van der Waals surface area contributed by atoms with Gasteiger partial charge in [-0.3, -0.25) is 4.79 Å². The molecule has 0 heterocycles. The summed E-state index contributed by atoms with van der Waals surface area (Å²) in [5, 5.41) is 9.71. The molecule has 0 aliphatic rings. The lowest BCUT2D eigenvalue weighted by molar-refractivity contribution is -0.140. The molecular weight excluding hydrogens is 276 g/mol. The number of carbonyl (C=O) groups is 1. The van der Waals surface area contributed by atoms with Gasteiger partial charge in [-0.2, -0.15) is 0 Å². The van der Waals surface area contributed by atoms with Gasteiger partial charge in [0.15, 0.2) is 0 Å². The van der Waals surface area contributed by atoms with E-state index in [2.05, 4.69) is 23.8 Å². The Bertz CT molecular complexity index is 343. The van der Waals surface area contributed by atoms with Crippen molar-refractivity contribution >= 4 is 5.97 Å². The first kappa shape index (κ1) is 20.6. The SMILES string of the molecule is CC/C=C\C/C=C/C(O)/C=C\CCCCCCCC(=O)OC. The number of methoxy groups -OCH3 is 1. The normalized spacial score (nSPS) is 13.4. The van der Waals surface area contributed by atoms with Crippen LogP contribution in [0.5, 0.6) is 0 Å². The summed E-state index contributed by atoms with van der Waals surface area (Å²) in [5.41, 5.74) is 0. The minimum atomic E-state index is -0.477. The molecule has 0 saturated heterocycles. The quantitative estimate of drug-likeness (QED) is 0.304. The Morgan fingerprint density at radius 1 is 1.00 bits per heavy atom. The Morgan fingerprint density at radius 3 is 2.41 bits per heavy atom. The van der Waals surface area contributed by atoms with Crippen molar-refractivity contribution < 1.29 is 14.6 Å². The molecule has 1 N–H and O–H groups in total. The largest absolute Gasteiger partial charge is 0.469 e. The van der Waals surface area contributed by atoms with Gasteiger partial charge in [-0.05, 0) is 32.1 Å². The fourth-order valence-electron chi connectivity index (χ4n) is 2.02. The van der Waals surface area contributed by atoms with Crippen LogP contribution in [0.4, 0.5) is 0 Å². The number of rotatable bonds is 13. The highest BCUT2D eigenvalue weighted by Gasteiger charge is 1.98. The Hall–Kier alpha value is -1.35. The van der Waals surface area contributed by atoms with Crippen molar-refractivity contribution in [2.45, 2.75) is 70.8 Å². The second-order valence-corrected chi connectivity index (χ2v) is 5.34. The maximum Gasteiger partial charge on any atom is 0.305 e. The van der Waals surface area contributed by atoms with Gasteiger partial charge in [0.1, 0.15) is 0 Å². The first-order valence-corrected chi connectivity index (χ1v) is 8.44. The molecule has 3 nitrogen and oxygen atoms in total. The summed E-state index contributed by atoms with van der Waals surface area (Å²) in [4.78, 5) is 10.9. The van der Waals surface area contributed by atoms with Gasteiger partial charge in [0.25, 0.3) is 0 Å². The highest BCUT2D eigenvalue weighted by Crippen LogP contribution is 2.08. The average molecular weight is 308 g/mol. The van der Waals surface area contributed by atoms with Crippen molar-refractivity contribution in [2.24, 2.45) is 0 Å². The summed E-state index contributed by atoms with van der Waals surface area (Å²) in [6, 6.07) is 0. The van der Waals surface area contributed by atoms with Crippen LogP contribution in [0.15, 0.2) is 36.5 Å². The number of carbonyl (C=O) groups excluding carboxylic acids is 1. The van der Waals surface area contributed by atoms with E-state index in [1.807, 2.05) is 24.3 Å². The van der Waals surface area contributed by atoms with E-state index in [9.17, 15) is 9.90 Å². The van der Waals surface area contributed by atoms with Gasteiger partial charge in [0.05, 0.1) is 13.2 Å². The Morgan fingerprint density at radius 2 is 1.68 bits per heavy atom. The van der Waals surface area contributed by atoms with Gasteiger partial charge in [-0.25, -0.2) is 0 Å². The molecule has 126 valence electrons. The maximum atomic E-state index is 10.9. The Kier molecular flexibility index (Phi) is 15.0. The van der Waals surface area contributed by atoms with Crippen LogP contribution in [0, 0.1) is 0 Å². The number of aliphatic hydroxyl groups excluding tert-OH is 1. The van der Waals surface area contributed by atoms with Crippen LogP contribution in [0.2, 0.25) is 0 Å². The summed E-state index contributed by atoms with van der Waals surface area (Å²) in [6.07, 6.45) is 20.4. The lowest BCUT2D eigenvalue weighted by Gasteiger charge is -2.00. The molecule has 1 unspecified atom stereocenters. The third-order valence-electron chi connectivity index (χ3n) is 3.32. The number of hydrogen-bond acceptors (Lipinski definition) is 3. The molecule has 0 bridgehead atoms. The van der Waals surface area contributed by atoms with E-state index >= 15 is 0 Å². The van der Waals surface area contributed by atoms with Crippen molar-refractivity contribution in [3.8, 4) is 0 Å². The second kappa shape index (κ2) is 16.0. The maximum absolute atomic E-state index is 10.9. The fraction of sp³-hybridized carbons (Fsp3) is 0.632. The van der Waals surface area contributed by atoms with E-state index in [0.29, 0.717) is 6.42 Å². The standard InChI is InChI=1S/C19H32O3/c1-3-4-5-9-12-15-18(20)16-13-10-7-6-8-11-14-17-19(21)22-2/h4-5,12-13,15-16,18,20H,3,6-11,14,17H2,1-2H3/b5-4-,15-12+,16-13-. The number of hydrogen-bond donors (Lipinski definition) is 1. The lowest BCUT2D eigenvalue weighted by atomic mass is 10.1. The lowest BCUT2D eigenvalue weighted by Crippen LogP contribution is -1.99. The van der Waals surface area contributed by atoms with Crippen molar-refractivity contribution in [1.82, 2.24) is 0 Å². The van der Waals surface area contributed by atoms with Gasteiger partial charge in [0, 0.05) is 6.42 Å². The predicted molar refractivity (Wildman–Crippen MR) is 92.7 cm³/mol. The van der Waals surface area contributed by atoms with Gasteiger partial charge < -0.3 is 9.84 Å². The molecule has 1 atom stereocenters. The molecule has 0 aromatic carbocycles. The zero-order chi connectivity index (χ0) is 16.5. The van der Waals surface area contributed by atoms with E-state index in [-0.39, 0.29) is 5.97 Å². The molecule has 0 amide bonds. The fourth-order valence-corrected chi connectivity index (χ4v) is 2.02. The van der Waals surface area contributed by atoms with Crippen LogP contribution in [-0.4, -0.2) is 24.3 Å². The monoisotopic (exact) mass is 308 g/mol. The van der Waals surface area contributed by atoms with E-state index < -0.39 is 6.10 Å². The van der Waals surface area contributed by atoms with E-state index in [1.165, 1.54) is 13.5 Å². The van der Waals surface area contributed by atoms with Crippen LogP contribution in [0.1, 0.15) is 64.7 Å². The zero-order valence-corrected chi connectivity index (χ0v) is 14.2. The predicted octanol–water partition coefficient (Wildman–Crippen LogP) is 4.72. The molecule has 0 rings (SSSR count). The minimum Gasteiger partial charge on any atom is -0.469 e. The number of esters is 1. The number of aliphatic hydroxyl groups is 1. The van der Waals surface area contributed by atoms with Crippen LogP contribution in [0.25, 0.3) is 0 Å². The summed E-state index contributed by atoms with van der Waals surface area (Å²) < 4.78 is 4.60. The third-order valence-corrected chi connectivity index (χ3v) is 3.32. The summed E-state index contributed by atoms with van der Waals surface area (Å²) in [6.45, 7) is 2.11. The molecule has 0 aliphatic carbocycles. The summed E-state index contributed by atoms with van der Waals surface area (Å²) >= 11 is 0. The first-order chi connectivity index (χ1) is 10.7. The van der Waals surface area contributed by atoms with E-state index in [1.54, 1.807) is 0 Å². The average Bonchev–Trinajstić information content (AvgIpc) is 2.52. The molecule has 0 aromatic rings. The van der Waals surface area contributed by atoms with Crippen molar-refractivity contribution in [2.75, 3.05) is 7.11 Å². The van der Waals surface area contributed by atoms with Crippen LogP contribution < -0.4 is 0 Å². The zero-order valence-electron chi connectivity index (χ0n) is 14.2. The highest BCUT2D eigenvalue weighted by atomic mass is 16.5. The van der Waals surface area contributed by atoms with Gasteiger partial charge in [0.2, 0.25) is 0 Å². The number of allylic oxidation sites excluding steroid dienone is 4. The summed E-state index contributed by atoms with van der Waals surface area (Å²) in [7, 11) is 1.43. The number of unbranched alkanes of at least 4 members (excludes halogenated alkanes) is 5. The van der Waals surface area contributed by atoms with E-state index in [4.69, 9.17) is 0 Å². The smallest absolute Gasteiger partial charge is 0.305 e. The third kappa shape index (κ3) is 15.0. The molecule has 0 saturated carbocycles. The van der Waals surface area contributed by atoms with Gasteiger partial charge in [-0.1, -0.05) is 62.6 Å². The molecule has 0 fully saturated rings.